The maximum Gasteiger partial charge on any atom is 0.234 e. The Morgan fingerprint density at radius 1 is 1.41 bits per heavy atom. The van der Waals surface area contributed by atoms with Gasteiger partial charge in [-0.25, -0.2) is 0 Å². The van der Waals surface area contributed by atoms with E-state index < -0.39 is 0 Å². The SMILES string of the molecule is CNCC1(C(=O)N(C)c2ccccc2C)CC1. The predicted octanol–water partition coefficient (Wildman–Crippen LogP) is 1.96. The highest BCUT2D eigenvalue weighted by atomic mass is 16.2. The normalized spacial score (nSPS) is 16.6. The van der Waals surface area contributed by atoms with Gasteiger partial charge >= 0.3 is 0 Å². The second-order valence-electron chi connectivity index (χ2n) is 4.96. The number of hydrogen-bond donors (Lipinski definition) is 1. The van der Waals surface area contributed by atoms with Crippen LogP contribution in [0.5, 0.6) is 0 Å². The lowest BCUT2D eigenvalue weighted by atomic mass is 10.0. The molecule has 3 nitrogen and oxygen atoms in total. The molecule has 3 heteroatoms. The molecule has 0 spiro atoms. The lowest BCUT2D eigenvalue weighted by molar-refractivity contribution is -0.123. The molecule has 1 amide bonds. The van der Waals surface area contributed by atoms with Crippen LogP contribution in [0.3, 0.4) is 0 Å². The van der Waals surface area contributed by atoms with Crippen molar-refractivity contribution in [3.63, 3.8) is 0 Å². The van der Waals surface area contributed by atoms with Gasteiger partial charge in [0.15, 0.2) is 0 Å². The smallest absolute Gasteiger partial charge is 0.234 e. The Hall–Kier alpha value is -1.35. The van der Waals surface area contributed by atoms with Gasteiger partial charge in [-0.2, -0.15) is 0 Å². The minimum atomic E-state index is -0.147. The molecule has 92 valence electrons. The molecule has 17 heavy (non-hydrogen) atoms. The van der Waals surface area contributed by atoms with Crippen LogP contribution in [0.2, 0.25) is 0 Å². The fraction of sp³-hybridized carbons (Fsp3) is 0.500. The van der Waals surface area contributed by atoms with Gasteiger partial charge in [-0.3, -0.25) is 4.79 Å². The molecular weight excluding hydrogens is 212 g/mol. The molecule has 0 saturated heterocycles. The summed E-state index contributed by atoms with van der Waals surface area (Å²) < 4.78 is 0. The van der Waals surface area contributed by atoms with E-state index in [9.17, 15) is 4.79 Å². The zero-order valence-electron chi connectivity index (χ0n) is 10.8. The molecule has 1 aliphatic carbocycles. The molecule has 0 heterocycles. The minimum Gasteiger partial charge on any atom is -0.319 e. The number of amides is 1. The van der Waals surface area contributed by atoms with Crippen LogP contribution in [0, 0.1) is 12.3 Å². The first kappa shape index (κ1) is 12.1. The van der Waals surface area contributed by atoms with Crippen molar-refractivity contribution in [3.05, 3.63) is 29.8 Å². The monoisotopic (exact) mass is 232 g/mol. The zero-order valence-corrected chi connectivity index (χ0v) is 10.8. The molecule has 1 saturated carbocycles. The van der Waals surface area contributed by atoms with Crippen LogP contribution in [0.25, 0.3) is 0 Å². The van der Waals surface area contributed by atoms with E-state index in [1.54, 1.807) is 4.90 Å². The molecule has 1 aromatic carbocycles. The molecule has 0 atom stereocenters. The highest BCUT2D eigenvalue weighted by molar-refractivity contribution is 5.99. The Morgan fingerprint density at radius 3 is 2.59 bits per heavy atom. The number of para-hydroxylation sites is 1. The molecule has 1 fully saturated rings. The second-order valence-corrected chi connectivity index (χ2v) is 4.96. The highest BCUT2D eigenvalue weighted by Crippen LogP contribution is 2.47. The lowest BCUT2D eigenvalue weighted by Gasteiger charge is -2.24. The van der Waals surface area contributed by atoms with Gasteiger partial charge in [0.25, 0.3) is 0 Å². The van der Waals surface area contributed by atoms with Crippen LogP contribution < -0.4 is 10.2 Å². The van der Waals surface area contributed by atoms with Gasteiger partial charge in [-0.05, 0) is 38.4 Å². The van der Waals surface area contributed by atoms with Gasteiger partial charge in [0.1, 0.15) is 0 Å². The van der Waals surface area contributed by atoms with Crippen LogP contribution in [0.1, 0.15) is 18.4 Å². The minimum absolute atomic E-state index is 0.147. The average molecular weight is 232 g/mol. The van der Waals surface area contributed by atoms with Crippen LogP contribution >= 0.6 is 0 Å². The van der Waals surface area contributed by atoms with E-state index in [0.29, 0.717) is 0 Å². The number of rotatable bonds is 4. The molecule has 2 rings (SSSR count). The first-order valence-corrected chi connectivity index (χ1v) is 6.09. The number of benzene rings is 1. The molecule has 1 N–H and O–H groups in total. The van der Waals surface area contributed by atoms with E-state index in [1.807, 2.05) is 45.3 Å². The molecule has 1 aromatic rings. The third-order valence-electron chi connectivity index (χ3n) is 3.60. The van der Waals surface area contributed by atoms with Crippen molar-refractivity contribution in [3.8, 4) is 0 Å². The van der Waals surface area contributed by atoms with Gasteiger partial charge in [0.05, 0.1) is 5.41 Å². The fourth-order valence-corrected chi connectivity index (χ4v) is 2.36. The van der Waals surface area contributed by atoms with Crippen LogP contribution in [-0.2, 0) is 4.79 Å². The summed E-state index contributed by atoms with van der Waals surface area (Å²) in [5, 5.41) is 3.12. The predicted molar refractivity (Wildman–Crippen MR) is 70.2 cm³/mol. The number of carbonyl (C=O) groups is 1. The van der Waals surface area contributed by atoms with Gasteiger partial charge in [0.2, 0.25) is 5.91 Å². The van der Waals surface area contributed by atoms with Gasteiger partial charge < -0.3 is 10.2 Å². The van der Waals surface area contributed by atoms with E-state index in [0.717, 1.165) is 30.6 Å². The summed E-state index contributed by atoms with van der Waals surface area (Å²) in [6, 6.07) is 8.01. The summed E-state index contributed by atoms with van der Waals surface area (Å²) in [6.07, 6.45) is 2.01. The van der Waals surface area contributed by atoms with Gasteiger partial charge in [-0.15, -0.1) is 0 Å². The third kappa shape index (κ3) is 2.20. The molecule has 0 aliphatic heterocycles. The van der Waals surface area contributed by atoms with E-state index >= 15 is 0 Å². The maximum atomic E-state index is 12.5. The largest absolute Gasteiger partial charge is 0.319 e. The lowest BCUT2D eigenvalue weighted by Crippen LogP contribution is -2.39. The van der Waals surface area contributed by atoms with Crippen LogP contribution in [0.4, 0.5) is 5.69 Å². The topological polar surface area (TPSA) is 32.3 Å². The Kier molecular flexibility index (Phi) is 3.20. The number of nitrogens with one attached hydrogen (secondary N) is 1. The summed E-state index contributed by atoms with van der Waals surface area (Å²) in [7, 11) is 3.78. The van der Waals surface area contributed by atoms with Crippen molar-refractivity contribution in [2.24, 2.45) is 5.41 Å². The van der Waals surface area contributed by atoms with Crippen molar-refractivity contribution in [1.29, 1.82) is 0 Å². The van der Waals surface area contributed by atoms with Crippen molar-refractivity contribution in [2.75, 3.05) is 25.5 Å². The summed E-state index contributed by atoms with van der Waals surface area (Å²) in [5.74, 6) is 0.237. The van der Waals surface area contributed by atoms with Crippen molar-refractivity contribution in [1.82, 2.24) is 5.32 Å². The van der Waals surface area contributed by atoms with E-state index in [4.69, 9.17) is 0 Å². The van der Waals surface area contributed by atoms with E-state index in [-0.39, 0.29) is 11.3 Å². The number of anilines is 1. The first-order chi connectivity index (χ1) is 8.10. The van der Waals surface area contributed by atoms with E-state index in [1.165, 1.54) is 0 Å². The summed E-state index contributed by atoms with van der Waals surface area (Å²) in [6.45, 7) is 2.82. The Balaban J connectivity index is 2.18. The van der Waals surface area contributed by atoms with Crippen molar-refractivity contribution < 1.29 is 4.79 Å². The fourth-order valence-electron chi connectivity index (χ4n) is 2.36. The molecule has 0 radical (unpaired) electrons. The second kappa shape index (κ2) is 4.49. The van der Waals surface area contributed by atoms with Gasteiger partial charge in [-0.1, -0.05) is 18.2 Å². The van der Waals surface area contributed by atoms with Crippen molar-refractivity contribution in [2.45, 2.75) is 19.8 Å². The number of carbonyl (C=O) groups excluding carboxylic acids is 1. The highest BCUT2D eigenvalue weighted by Gasteiger charge is 2.50. The zero-order chi connectivity index (χ0) is 12.5. The van der Waals surface area contributed by atoms with Crippen LogP contribution in [0.15, 0.2) is 24.3 Å². The summed E-state index contributed by atoms with van der Waals surface area (Å²) in [4.78, 5) is 14.3. The molecule has 0 aromatic heterocycles. The molecule has 0 unspecified atom stereocenters. The Labute approximate surface area is 103 Å². The Morgan fingerprint density at radius 2 is 2.06 bits per heavy atom. The number of nitrogens with zero attached hydrogens (tertiary/aromatic N) is 1. The summed E-state index contributed by atoms with van der Waals surface area (Å²) in [5.41, 5.74) is 2.01. The Bertz CT molecular complexity index is 424. The van der Waals surface area contributed by atoms with Crippen molar-refractivity contribution >= 4 is 11.6 Å². The average Bonchev–Trinajstić information content (AvgIpc) is 3.09. The maximum absolute atomic E-state index is 12.5. The number of hydrogen-bond acceptors (Lipinski definition) is 2. The van der Waals surface area contributed by atoms with Crippen LogP contribution in [-0.4, -0.2) is 26.5 Å². The molecular formula is C14H20N2O. The number of aryl methyl sites for hydroxylation is 1. The summed E-state index contributed by atoms with van der Waals surface area (Å²) >= 11 is 0. The standard InChI is InChI=1S/C14H20N2O/c1-11-6-4-5-7-12(11)16(3)13(17)14(8-9-14)10-15-2/h4-7,15H,8-10H2,1-3H3. The quantitative estimate of drug-likeness (QED) is 0.860. The van der Waals surface area contributed by atoms with Gasteiger partial charge in [0, 0.05) is 19.3 Å². The third-order valence-corrected chi connectivity index (χ3v) is 3.60. The molecule has 0 bridgehead atoms. The first-order valence-electron chi connectivity index (χ1n) is 6.09. The molecule has 1 aliphatic rings. The van der Waals surface area contributed by atoms with E-state index in [2.05, 4.69) is 5.32 Å².